The molecule has 0 bridgehead atoms. The lowest BCUT2D eigenvalue weighted by molar-refractivity contribution is -0.117. The van der Waals surface area contributed by atoms with Crippen molar-refractivity contribution in [2.45, 2.75) is 25.9 Å². The van der Waals surface area contributed by atoms with Gasteiger partial charge in [-0.25, -0.2) is 4.79 Å². The molecule has 0 radical (unpaired) electrons. The number of nitrogens with zero attached hydrogens (tertiary/aromatic N) is 2. The zero-order valence-electron chi connectivity index (χ0n) is 17.3. The van der Waals surface area contributed by atoms with Crippen LogP contribution in [0, 0.1) is 6.92 Å². The lowest BCUT2D eigenvalue weighted by Crippen LogP contribution is -2.44. The Balaban J connectivity index is 1.70. The van der Waals surface area contributed by atoms with Crippen molar-refractivity contribution in [3.8, 4) is 11.5 Å². The number of amides is 3. The van der Waals surface area contributed by atoms with Crippen molar-refractivity contribution in [3.05, 3.63) is 30.0 Å². The first kappa shape index (κ1) is 21.4. The fourth-order valence-electron chi connectivity index (χ4n) is 3.13. The fraction of sp³-hybridized carbons (Fsp3) is 0.450. The molecular formula is C20H26N4O6. The minimum atomic E-state index is -0.444. The Labute approximate surface area is 174 Å². The Hall–Kier alpha value is -3.27. The molecular weight excluding hydrogens is 392 g/mol. The molecule has 2 heterocycles. The van der Waals surface area contributed by atoms with Gasteiger partial charge in [-0.2, -0.15) is 0 Å². The number of aromatic nitrogens is 1. The first-order valence-electron chi connectivity index (χ1n) is 9.61. The summed E-state index contributed by atoms with van der Waals surface area (Å²) < 4.78 is 21.1. The lowest BCUT2D eigenvalue weighted by atomic mass is 10.2. The summed E-state index contributed by atoms with van der Waals surface area (Å²) in [5.74, 6) is 1.53. The molecule has 3 amide bonds. The Morgan fingerprint density at radius 3 is 2.70 bits per heavy atom. The Morgan fingerprint density at radius 1 is 1.23 bits per heavy atom. The summed E-state index contributed by atoms with van der Waals surface area (Å²) in [4.78, 5) is 26.9. The minimum Gasteiger partial charge on any atom is -0.497 e. The third-order valence-electron chi connectivity index (χ3n) is 4.62. The van der Waals surface area contributed by atoms with Gasteiger partial charge in [0.25, 0.3) is 0 Å². The molecule has 1 aliphatic heterocycles. The molecule has 1 atom stereocenters. The SMILES string of the molecule is COc1ccc(NC(=O)N(CC(=O)Nc2cc(C)on2)CC2CCCO2)c(OC)c1. The van der Waals surface area contributed by atoms with Crippen LogP contribution in [0.15, 0.2) is 28.8 Å². The summed E-state index contributed by atoms with van der Waals surface area (Å²) in [7, 11) is 3.05. The highest BCUT2D eigenvalue weighted by molar-refractivity contribution is 5.97. The molecule has 10 heteroatoms. The molecule has 1 unspecified atom stereocenters. The second kappa shape index (κ2) is 9.97. The van der Waals surface area contributed by atoms with Crippen molar-refractivity contribution >= 4 is 23.4 Å². The highest BCUT2D eigenvalue weighted by Gasteiger charge is 2.25. The summed E-state index contributed by atoms with van der Waals surface area (Å²) in [5.41, 5.74) is 0.466. The van der Waals surface area contributed by atoms with E-state index < -0.39 is 11.9 Å². The molecule has 1 fully saturated rings. The van der Waals surface area contributed by atoms with E-state index >= 15 is 0 Å². The van der Waals surface area contributed by atoms with Gasteiger partial charge < -0.3 is 34.3 Å². The molecule has 0 spiro atoms. The molecule has 2 N–H and O–H groups in total. The summed E-state index contributed by atoms with van der Waals surface area (Å²) in [6.45, 7) is 2.49. The molecule has 2 aromatic rings. The topological polar surface area (TPSA) is 115 Å². The number of aryl methyl sites for hydroxylation is 1. The van der Waals surface area contributed by atoms with Crippen LogP contribution >= 0.6 is 0 Å². The molecule has 3 rings (SSSR count). The number of nitrogens with one attached hydrogen (secondary N) is 2. The van der Waals surface area contributed by atoms with Crippen molar-refractivity contribution in [3.63, 3.8) is 0 Å². The third kappa shape index (κ3) is 5.63. The van der Waals surface area contributed by atoms with Crippen LogP contribution in [0.3, 0.4) is 0 Å². The number of rotatable bonds is 8. The number of benzene rings is 1. The Kier molecular flexibility index (Phi) is 7.12. The van der Waals surface area contributed by atoms with E-state index in [-0.39, 0.29) is 19.2 Å². The third-order valence-corrected chi connectivity index (χ3v) is 4.62. The van der Waals surface area contributed by atoms with Gasteiger partial charge in [0.15, 0.2) is 5.82 Å². The van der Waals surface area contributed by atoms with E-state index in [1.165, 1.54) is 12.0 Å². The Bertz CT molecular complexity index is 878. The van der Waals surface area contributed by atoms with Crippen LogP contribution in [0.1, 0.15) is 18.6 Å². The van der Waals surface area contributed by atoms with Crippen LogP contribution in [-0.4, -0.2) is 62.0 Å². The number of ether oxygens (including phenoxy) is 3. The van der Waals surface area contributed by atoms with E-state index in [0.717, 1.165) is 12.8 Å². The molecule has 1 saturated heterocycles. The predicted octanol–water partition coefficient (Wildman–Crippen LogP) is 2.65. The van der Waals surface area contributed by atoms with Crippen molar-refractivity contribution in [2.24, 2.45) is 0 Å². The number of carbonyl (C=O) groups is 2. The minimum absolute atomic E-state index is 0.115. The number of hydrogen-bond acceptors (Lipinski definition) is 7. The van der Waals surface area contributed by atoms with Crippen molar-refractivity contribution in [1.82, 2.24) is 10.1 Å². The van der Waals surface area contributed by atoms with Crippen LogP contribution < -0.4 is 20.1 Å². The second-order valence-corrected chi connectivity index (χ2v) is 6.88. The summed E-state index contributed by atoms with van der Waals surface area (Å²) in [6, 6.07) is 6.21. The second-order valence-electron chi connectivity index (χ2n) is 6.88. The fourth-order valence-corrected chi connectivity index (χ4v) is 3.13. The molecule has 1 aromatic heterocycles. The van der Waals surface area contributed by atoms with Crippen LogP contribution in [-0.2, 0) is 9.53 Å². The maximum absolute atomic E-state index is 13.0. The van der Waals surface area contributed by atoms with Gasteiger partial charge in [0.1, 0.15) is 23.8 Å². The smallest absolute Gasteiger partial charge is 0.322 e. The van der Waals surface area contributed by atoms with Gasteiger partial charge in [-0.1, -0.05) is 5.16 Å². The van der Waals surface area contributed by atoms with E-state index in [2.05, 4.69) is 15.8 Å². The zero-order chi connectivity index (χ0) is 21.5. The van der Waals surface area contributed by atoms with Gasteiger partial charge in [0.2, 0.25) is 5.91 Å². The quantitative estimate of drug-likeness (QED) is 0.677. The molecule has 0 saturated carbocycles. The van der Waals surface area contributed by atoms with Crippen molar-refractivity contribution in [2.75, 3.05) is 44.5 Å². The molecule has 162 valence electrons. The van der Waals surface area contributed by atoms with Gasteiger partial charge in [-0.05, 0) is 31.9 Å². The summed E-state index contributed by atoms with van der Waals surface area (Å²) >= 11 is 0. The normalized spacial score (nSPS) is 15.5. The standard InChI is InChI=1S/C20H26N4O6/c1-13-9-18(23-30-13)22-19(25)12-24(11-15-5-4-8-29-15)20(26)21-16-7-6-14(27-2)10-17(16)28-3/h6-7,9-10,15H,4-5,8,11-12H2,1-3H3,(H,21,26)(H,22,23,25). The van der Waals surface area contributed by atoms with Gasteiger partial charge in [0.05, 0.1) is 26.0 Å². The van der Waals surface area contributed by atoms with E-state index in [9.17, 15) is 9.59 Å². The highest BCUT2D eigenvalue weighted by atomic mass is 16.5. The number of methoxy groups -OCH3 is 2. The Morgan fingerprint density at radius 2 is 2.07 bits per heavy atom. The van der Waals surface area contributed by atoms with Gasteiger partial charge in [0, 0.05) is 25.3 Å². The molecule has 10 nitrogen and oxygen atoms in total. The summed E-state index contributed by atoms with van der Waals surface area (Å²) in [5, 5.41) is 9.16. The lowest BCUT2D eigenvalue weighted by Gasteiger charge is -2.25. The summed E-state index contributed by atoms with van der Waals surface area (Å²) in [6.07, 6.45) is 1.65. The molecule has 0 aliphatic carbocycles. The van der Waals surface area contributed by atoms with Crippen LogP contribution in [0.4, 0.5) is 16.3 Å². The van der Waals surface area contributed by atoms with E-state index in [1.807, 2.05) is 0 Å². The number of hydrogen-bond donors (Lipinski definition) is 2. The maximum Gasteiger partial charge on any atom is 0.322 e. The average molecular weight is 418 g/mol. The number of carbonyl (C=O) groups excluding carboxylic acids is 2. The van der Waals surface area contributed by atoms with Gasteiger partial charge >= 0.3 is 6.03 Å². The van der Waals surface area contributed by atoms with E-state index in [4.69, 9.17) is 18.7 Å². The predicted molar refractivity (Wildman–Crippen MR) is 109 cm³/mol. The van der Waals surface area contributed by atoms with Crippen molar-refractivity contribution in [1.29, 1.82) is 0 Å². The van der Waals surface area contributed by atoms with Crippen LogP contribution in [0.5, 0.6) is 11.5 Å². The maximum atomic E-state index is 13.0. The molecule has 1 aliphatic rings. The van der Waals surface area contributed by atoms with Crippen LogP contribution in [0.2, 0.25) is 0 Å². The first-order chi connectivity index (χ1) is 14.5. The van der Waals surface area contributed by atoms with Crippen LogP contribution in [0.25, 0.3) is 0 Å². The number of anilines is 2. The number of urea groups is 1. The average Bonchev–Trinajstić information content (AvgIpc) is 3.39. The van der Waals surface area contributed by atoms with Gasteiger partial charge in [-0.15, -0.1) is 0 Å². The zero-order valence-corrected chi connectivity index (χ0v) is 17.3. The monoisotopic (exact) mass is 418 g/mol. The highest BCUT2D eigenvalue weighted by Crippen LogP contribution is 2.29. The van der Waals surface area contributed by atoms with Gasteiger partial charge in [-0.3, -0.25) is 4.79 Å². The van der Waals surface area contributed by atoms with E-state index in [1.54, 1.807) is 38.3 Å². The molecule has 30 heavy (non-hydrogen) atoms. The first-order valence-corrected chi connectivity index (χ1v) is 9.61. The largest absolute Gasteiger partial charge is 0.497 e. The van der Waals surface area contributed by atoms with Crippen molar-refractivity contribution < 1.29 is 28.3 Å². The van der Waals surface area contributed by atoms with E-state index in [0.29, 0.717) is 35.4 Å². The molecule has 1 aromatic carbocycles.